The number of amides is 1. The highest BCUT2D eigenvalue weighted by Gasteiger charge is 2.17. The van der Waals surface area contributed by atoms with Gasteiger partial charge in [0.05, 0.1) is 6.61 Å². The molecule has 26 heavy (non-hydrogen) atoms. The summed E-state index contributed by atoms with van der Waals surface area (Å²) in [6.45, 7) is 5.65. The first-order chi connectivity index (χ1) is 12.5. The minimum Gasteiger partial charge on any atom is -0.464 e. The second-order valence-electron chi connectivity index (χ2n) is 6.42. The number of unbranched alkanes of at least 4 members (excludes halogenated alkanes) is 7. The first-order valence-electron chi connectivity index (χ1n) is 9.38. The van der Waals surface area contributed by atoms with Crippen LogP contribution in [0, 0.1) is 5.82 Å². The molecule has 0 aromatic heterocycles. The van der Waals surface area contributed by atoms with Gasteiger partial charge in [0.25, 0.3) is 5.91 Å². The number of hydrogen-bond acceptors (Lipinski definition) is 3. The van der Waals surface area contributed by atoms with E-state index in [0.29, 0.717) is 12.2 Å². The zero-order valence-corrected chi connectivity index (χ0v) is 15.6. The molecule has 0 heterocycles. The van der Waals surface area contributed by atoms with Gasteiger partial charge in [0, 0.05) is 5.56 Å². The molecule has 0 saturated heterocycles. The van der Waals surface area contributed by atoms with Crippen LogP contribution in [-0.4, -0.2) is 24.5 Å². The van der Waals surface area contributed by atoms with Gasteiger partial charge in [0.1, 0.15) is 11.9 Å². The van der Waals surface area contributed by atoms with E-state index in [2.05, 4.69) is 11.9 Å². The number of nitrogens with one attached hydrogen (secondary N) is 1. The number of esters is 1. The topological polar surface area (TPSA) is 55.4 Å². The largest absolute Gasteiger partial charge is 0.464 e. The molecule has 0 aliphatic carbocycles. The lowest BCUT2D eigenvalue weighted by Crippen LogP contribution is -2.39. The predicted molar refractivity (Wildman–Crippen MR) is 101 cm³/mol. The second-order valence-corrected chi connectivity index (χ2v) is 6.42. The molecule has 0 bridgehead atoms. The van der Waals surface area contributed by atoms with E-state index in [0.717, 1.165) is 25.7 Å². The van der Waals surface area contributed by atoms with Crippen molar-refractivity contribution in [3.05, 3.63) is 48.3 Å². The standard InChI is InChI=1S/C21H30FNO3/c1-3-4-5-6-7-8-9-10-11-16-26-21(25)17(2)23-20(24)18-12-14-19(22)15-13-18/h3,12-15,17H,1,4-11,16H2,2H3,(H,23,24). The van der Waals surface area contributed by atoms with Gasteiger partial charge in [-0.15, -0.1) is 6.58 Å². The Balaban J connectivity index is 2.10. The van der Waals surface area contributed by atoms with E-state index in [4.69, 9.17) is 4.74 Å². The molecule has 1 atom stereocenters. The van der Waals surface area contributed by atoms with Gasteiger partial charge < -0.3 is 10.1 Å². The summed E-state index contributed by atoms with van der Waals surface area (Å²) in [6.07, 6.45) is 10.9. The highest BCUT2D eigenvalue weighted by molar-refractivity contribution is 5.96. The van der Waals surface area contributed by atoms with Gasteiger partial charge in [0.2, 0.25) is 0 Å². The number of ether oxygens (including phenoxy) is 1. The summed E-state index contributed by atoms with van der Waals surface area (Å²) in [5.41, 5.74) is 0.305. The van der Waals surface area contributed by atoms with Crippen molar-refractivity contribution < 1.29 is 18.7 Å². The van der Waals surface area contributed by atoms with Crippen molar-refractivity contribution >= 4 is 11.9 Å². The van der Waals surface area contributed by atoms with Crippen LogP contribution >= 0.6 is 0 Å². The van der Waals surface area contributed by atoms with Crippen LogP contribution in [0.5, 0.6) is 0 Å². The number of allylic oxidation sites excluding steroid dienone is 1. The Morgan fingerprint density at radius 2 is 1.65 bits per heavy atom. The summed E-state index contributed by atoms with van der Waals surface area (Å²) in [7, 11) is 0. The van der Waals surface area contributed by atoms with Crippen molar-refractivity contribution in [1.29, 1.82) is 0 Å². The Morgan fingerprint density at radius 3 is 2.27 bits per heavy atom. The maximum absolute atomic E-state index is 12.9. The van der Waals surface area contributed by atoms with Gasteiger partial charge >= 0.3 is 5.97 Å². The van der Waals surface area contributed by atoms with Crippen molar-refractivity contribution in [2.45, 2.75) is 64.3 Å². The van der Waals surface area contributed by atoms with Gasteiger partial charge in [-0.3, -0.25) is 4.79 Å². The molecular weight excluding hydrogens is 333 g/mol. The van der Waals surface area contributed by atoms with Gasteiger partial charge in [-0.25, -0.2) is 9.18 Å². The Morgan fingerprint density at radius 1 is 1.08 bits per heavy atom. The van der Waals surface area contributed by atoms with Gasteiger partial charge in [-0.1, -0.05) is 38.2 Å². The summed E-state index contributed by atoms with van der Waals surface area (Å²) >= 11 is 0. The molecule has 0 fully saturated rings. The summed E-state index contributed by atoms with van der Waals surface area (Å²) in [4.78, 5) is 23.9. The minimum absolute atomic E-state index is 0.305. The summed E-state index contributed by atoms with van der Waals surface area (Å²) in [5, 5.41) is 2.56. The number of carbonyl (C=O) groups excluding carboxylic acids is 2. The maximum atomic E-state index is 12.9. The second kappa shape index (κ2) is 13.1. The van der Waals surface area contributed by atoms with E-state index < -0.39 is 23.7 Å². The summed E-state index contributed by atoms with van der Waals surface area (Å²) in [5.74, 6) is -1.29. The lowest BCUT2D eigenvalue weighted by atomic mass is 10.1. The number of rotatable bonds is 13. The van der Waals surface area contributed by atoms with E-state index >= 15 is 0 Å². The molecule has 1 N–H and O–H groups in total. The Labute approximate surface area is 155 Å². The third kappa shape index (κ3) is 9.35. The lowest BCUT2D eigenvalue weighted by molar-refractivity contribution is -0.145. The summed E-state index contributed by atoms with van der Waals surface area (Å²) < 4.78 is 18.0. The van der Waals surface area contributed by atoms with Crippen LogP contribution in [0.15, 0.2) is 36.9 Å². The average molecular weight is 363 g/mol. The highest BCUT2D eigenvalue weighted by Crippen LogP contribution is 2.09. The SMILES string of the molecule is C=CCCCCCCCCCOC(=O)C(C)NC(=O)c1ccc(F)cc1. The third-order valence-corrected chi connectivity index (χ3v) is 4.10. The molecule has 5 heteroatoms. The van der Waals surface area contributed by atoms with Crippen LogP contribution in [0.4, 0.5) is 4.39 Å². The highest BCUT2D eigenvalue weighted by atomic mass is 19.1. The molecule has 0 saturated carbocycles. The van der Waals surface area contributed by atoms with E-state index in [1.165, 1.54) is 49.9 Å². The number of halogens is 1. The molecule has 1 unspecified atom stereocenters. The first kappa shape index (κ1) is 21.9. The van der Waals surface area contributed by atoms with Crippen LogP contribution in [0.2, 0.25) is 0 Å². The minimum atomic E-state index is -0.739. The van der Waals surface area contributed by atoms with Gasteiger partial charge in [-0.05, 0) is 50.5 Å². The number of benzene rings is 1. The monoisotopic (exact) mass is 363 g/mol. The van der Waals surface area contributed by atoms with Crippen LogP contribution < -0.4 is 5.32 Å². The fraction of sp³-hybridized carbons (Fsp3) is 0.524. The van der Waals surface area contributed by atoms with Crippen molar-refractivity contribution in [3.8, 4) is 0 Å². The van der Waals surface area contributed by atoms with Gasteiger partial charge in [0.15, 0.2) is 0 Å². The van der Waals surface area contributed by atoms with Crippen molar-refractivity contribution in [1.82, 2.24) is 5.32 Å². The van der Waals surface area contributed by atoms with E-state index in [1.807, 2.05) is 6.08 Å². The third-order valence-electron chi connectivity index (χ3n) is 4.10. The zero-order chi connectivity index (χ0) is 19.2. The van der Waals surface area contributed by atoms with Crippen LogP contribution in [0.3, 0.4) is 0 Å². The van der Waals surface area contributed by atoms with Crippen molar-refractivity contribution in [2.75, 3.05) is 6.61 Å². The quantitative estimate of drug-likeness (QED) is 0.311. The molecule has 0 spiro atoms. The Kier molecular flexibility index (Phi) is 11.0. The molecule has 0 aliphatic rings. The van der Waals surface area contributed by atoms with E-state index in [9.17, 15) is 14.0 Å². The van der Waals surface area contributed by atoms with Crippen molar-refractivity contribution in [2.24, 2.45) is 0 Å². The molecule has 4 nitrogen and oxygen atoms in total. The van der Waals surface area contributed by atoms with Crippen LogP contribution in [0.1, 0.15) is 68.6 Å². The fourth-order valence-corrected chi connectivity index (χ4v) is 2.51. The molecular formula is C21H30FNO3. The molecule has 0 aliphatic heterocycles. The normalized spacial score (nSPS) is 11.6. The zero-order valence-electron chi connectivity index (χ0n) is 15.6. The number of hydrogen-bond donors (Lipinski definition) is 1. The van der Waals surface area contributed by atoms with Gasteiger partial charge in [-0.2, -0.15) is 0 Å². The predicted octanol–water partition coefficient (Wildman–Crippen LogP) is 4.79. The van der Waals surface area contributed by atoms with Crippen LogP contribution in [-0.2, 0) is 9.53 Å². The Bertz CT molecular complexity index is 557. The fourth-order valence-electron chi connectivity index (χ4n) is 2.51. The van der Waals surface area contributed by atoms with Crippen molar-refractivity contribution in [3.63, 3.8) is 0 Å². The van der Waals surface area contributed by atoms with E-state index in [-0.39, 0.29) is 0 Å². The molecule has 144 valence electrons. The molecule has 1 aromatic carbocycles. The van der Waals surface area contributed by atoms with E-state index in [1.54, 1.807) is 6.92 Å². The lowest BCUT2D eigenvalue weighted by Gasteiger charge is -2.13. The Hall–Kier alpha value is -2.17. The average Bonchev–Trinajstić information content (AvgIpc) is 2.63. The molecule has 0 radical (unpaired) electrons. The molecule has 1 amide bonds. The summed E-state index contributed by atoms with van der Waals surface area (Å²) in [6, 6.07) is 4.42. The maximum Gasteiger partial charge on any atom is 0.328 e. The molecule has 1 rings (SSSR count). The molecule has 1 aromatic rings. The van der Waals surface area contributed by atoms with Crippen LogP contribution in [0.25, 0.3) is 0 Å². The first-order valence-corrected chi connectivity index (χ1v) is 9.38. The number of carbonyl (C=O) groups is 2. The smallest absolute Gasteiger partial charge is 0.328 e.